The van der Waals surface area contributed by atoms with Crippen LogP contribution < -0.4 is 15.5 Å². The van der Waals surface area contributed by atoms with Crippen LogP contribution in [-0.4, -0.2) is 17.7 Å². The zero-order chi connectivity index (χ0) is 23.7. The lowest BCUT2D eigenvalue weighted by atomic mass is 10.1. The molecule has 9 heteroatoms. The number of anilines is 3. The van der Waals surface area contributed by atoms with Gasteiger partial charge in [-0.05, 0) is 61.5 Å². The van der Waals surface area contributed by atoms with Gasteiger partial charge in [-0.25, -0.2) is 4.90 Å². The lowest BCUT2D eigenvalue weighted by Gasteiger charge is -2.16. The first kappa shape index (κ1) is 22.9. The number of nitrogens with zero attached hydrogens (tertiary/aromatic N) is 1. The zero-order valence-electron chi connectivity index (χ0n) is 17.2. The second kappa shape index (κ2) is 9.27. The minimum atomic E-state index is -0.706. The molecule has 0 radical (unpaired) electrons. The summed E-state index contributed by atoms with van der Waals surface area (Å²) < 4.78 is 0. The van der Waals surface area contributed by atoms with Crippen LogP contribution in [0.3, 0.4) is 0 Å². The van der Waals surface area contributed by atoms with Gasteiger partial charge in [0.05, 0.1) is 10.7 Å². The van der Waals surface area contributed by atoms with Crippen molar-refractivity contribution in [3.63, 3.8) is 0 Å². The normalized spacial score (nSPS) is 13.5. The number of hydrogen-bond acceptors (Lipinski definition) is 4. The molecule has 0 saturated heterocycles. The van der Waals surface area contributed by atoms with Crippen molar-refractivity contribution >= 4 is 69.6 Å². The summed E-state index contributed by atoms with van der Waals surface area (Å²) in [7, 11) is 0. The maximum Gasteiger partial charge on any atom is 0.283 e. The molecule has 33 heavy (non-hydrogen) atoms. The van der Waals surface area contributed by atoms with Gasteiger partial charge in [0.1, 0.15) is 10.7 Å². The number of amides is 3. The van der Waals surface area contributed by atoms with Crippen molar-refractivity contribution < 1.29 is 14.4 Å². The van der Waals surface area contributed by atoms with Crippen LogP contribution in [0.15, 0.2) is 77.5 Å². The molecule has 6 nitrogen and oxygen atoms in total. The largest absolute Gasteiger partial charge is 0.350 e. The van der Waals surface area contributed by atoms with Crippen molar-refractivity contribution in [2.24, 2.45) is 0 Å². The van der Waals surface area contributed by atoms with E-state index in [0.717, 1.165) is 10.5 Å². The van der Waals surface area contributed by atoms with Crippen LogP contribution in [0.2, 0.25) is 10.0 Å². The maximum absolute atomic E-state index is 12.9. The van der Waals surface area contributed by atoms with E-state index in [4.69, 9.17) is 34.8 Å². The third-order valence-corrected chi connectivity index (χ3v) is 5.79. The Bertz CT molecular complexity index is 1300. The van der Waals surface area contributed by atoms with Gasteiger partial charge in [-0.1, -0.05) is 52.5 Å². The van der Waals surface area contributed by atoms with E-state index in [-0.39, 0.29) is 27.3 Å². The Kier molecular flexibility index (Phi) is 6.42. The van der Waals surface area contributed by atoms with Gasteiger partial charge in [0, 0.05) is 22.0 Å². The summed E-state index contributed by atoms with van der Waals surface area (Å²) in [5.41, 5.74) is 2.75. The van der Waals surface area contributed by atoms with Crippen LogP contribution in [0.1, 0.15) is 15.9 Å². The Morgan fingerprint density at radius 2 is 1.45 bits per heavy atom. The van der Waals surface area contributed by atoms with Crippen molar-refractivity contribution in [1.82, 2.24) is 0 Å². The molecule has 4 rings (SSSR count). The number of halogens is 3. The van der Waals surface area contributed by atoms with Crippen LogP contribution in [0, 0.1) is 6.92 Å². The first-order valence-corrected chi connectivity index (χ1v) is 10.9. The third kappa shape index (κ3) is 4.73. The smallest absolute Gasteiger partial charge is 0.283 e. The molecule has 0 unspecified atom stereocenters. The van der Waals surface area contributed by atoms with Gasteiger partial charge in [-0.3, -0.25) is 14.4 Å². The zero-order valence-corrected chi connectivity index (χ0v) is 19.4. The highest BCUT2D eigenvalue weighted by atomic mass is 35.5. The molecule has 3 aromatic rings. The second-order valence-corrected chi connectivity index (χ2v) is 8.47. The topological polar surface area (TPSA) is 78.5 Å². The summed E-state index contributed by atoms with van der Waals surface area (Å²) in [6.45, 7) is 1.96. The molecule has 0 bridgehead atoms. The highest BCUT2D eigenvalue weighted by Gasteiger charge is 2.39. The molecular formula is C24H16Cl3N3O3. The van der Waals surface area contributed by atoms with Gasteiger partial charge >= 0.3 is 0 Å². The molecule has 0 aliphatic carbocycles. The van der Waals surface area contributed by atoms with Gasteiger partial charge in [-0.15, -0.1) is 0 Å². The summed E-state index contributed by atoms with van der Waals surface area (Å²) in [6.07, 6.45) is 0. The van der Waals surface area contributed by atoms with Crippen LogP contribution in [0.4, 0.5) is 17.1 Å². The first-order valence-electron chi connectivity index (χ1n) is 9.73. The fourth-order valence-electron chi connectivity index (χ4n) is 3.18. The monoisotopic (exact) mass is 499 g/mol. The van der Waals surface area contributed by atoms with E-state index in [0.29, 0.717) is 22.0 Å². The molecule has 0 fully saturated rings. The fourth-order valence-corrected chi connectivity index (χ4v) is 3.89. The molecule has 1 aliphatic rings. The molecule has 2 N–H and O–H groups in total. The Morgan fingerprint density at radius 3 is 2.09 bits per heavy atom. The number of nitrogens with one attached hydrogen (secondary N) is 2. The Hall–Kier alpha value is -3.32. The predicted molar refractivity (Wildman–Crippen MR) is 131 cm³/mol. The van der Waals surface area contributed by atoms with E-state index in [1.165, 1.54) is 18.2 Å². The van der Waals surface area contributed by atoms with E-state index >= 15 is 0 Å². The van der Waals surface area contributed by atoms with Crippen molar-refractivity contribution in [3.05, 3.63) is 98.6 Å². The van der Waals surface area contributed by atoms with Gasteiger partial charge in [0.2, 0.25) is 0 Å². The molecule has 3 aromatic carbocycles. The lowest BCUT2D eigenvalue weighted by Crippen LogP contribution is -2.32. The Morgan fingerprint density at radius 1 is 0.818 bits per heavy atom. The molecule has 166 valence electrons. The molecule has 0 saturated carbocycles. The minimum Gasteiger partial charge on any atom is -0.350 e. The van der Waals surface area contributed by atoms with Crippen LogP contribution in [0.5, 0.6) is 0 Å². The second-order valence-electron chi connectivity index (χ2n) is 7.25. The molecule has 1 heterocycles. The van der Waals surface area contributed by atoms with E-state index in [9.17, 15) is 14.4 Å². The van der Waals surface area contributed by atoms with Gasteiger partial charge < -0.3 is 10.6 Å². The van der Waals surface area contributed by atoms with Crippen LogP contribution in [-0.2, 0) is 9.59 Å². The van der Waals surface area contributed by atoms with Gasteiger partial charge in [0.25, 0.3) is 17.7 Å². The standard InChI is InChI=1S/C24H16Cl3N3O3/c1-13-2-7-17(8-3-13)29-22(31)14-4-9-16(10-5-14)28-21-20(27)23(32)30(24(21)33)19-11-6-15(25)12-18(19)26/h2-12,28H,1H3,(H,29,31). The maximum atomic E-state index is 12.9. The van der Waals surface area contributed by atoms with Crippen molar-refractivity contribution in [2.75, 3.05) is 15.5 Å². The molecule has 0 aromatic heterocycles. The molecule has 0 atom stereocenters. The molecule has 0 spiro atoms. The molecular weight excluding hydrogens is 485 g/mol. The molecule has 3 amide bonds. The highest BCUT2D eigenvalue weighted by Crippen LogP contribution is 2.35. The fraction of sp³-hybridized carbons (Fsp3) is 0.0417. The Labute approximate surface area is 204 Å². The summed E-state index contributed by atoms with van der Waals surface area (Å²) >= 11 is 18.2. The van der Waals surface area contributed by atoms with Crippen LogP contribution >= 0.6 is 34.8 Å². The van der Waals surface area contributed by atoms with E-state index < -0.39 is 11.8 Å². The number of hydrogen-bond donors (Lipinski definition) is 2. The predicted octanol–water partition coefficient (Wildman–Crippen LogP) is 5.99. The van der Waals surface area contributed by atoms with E-state index in [1.807, 2.05) is 31.2 Å². The van der Waals surface area contributed by atoms with Crippen molar-refractivity contribution in [3.8, 4) is 0 Å². The summed E-state index contributed by atoms with van der Waals surface area (Å²) in [5.74, 6) is -1.64. The molecule has 1 aliphatic heterocycles. The number of benzene rings is 3. The quantitative estimate of drug-likeness (QED) is 0.422. The Balaban J connectivity index is 1.49. The number of rotatable bonds is 5. The SMILES string of the molecule is Cc1ccc(NC(=O)c2ccc(NC3=C(Cl)C(=O)N(c4ccc(Cl)cc4Cl)C3=O)cc2)cc1. The number of carbonyl (C=O) groups excluding carboxylic acids is 3. The van der Waals surface area contributed by atoms with Crippen molar-refractivity contribution in [2.45, 2.75) is 6.92 Å². The summed E-state index contributed by atoms with van der Waals surface area (Å²) in [6, 6.07) is 18.3. The van der Waals surface area contributed by atoms with Gasteiger partial charge in [0.15, 0.2) is 0 Å². The van der Waals surface area contributed by atoms with Crippen molar-refractivity contribution in [1.29, 1.82) is 0 Å². The number of aryl methyl sites for hydroxylation is 1. The highest BCUT2D eigenvalue weighted by molar-refractivity contribution is 6.54. The van der Waals surface area contributed by atoms with E-state index in [1.54, 1.807) is 24.3 Å². The average molecular weight is 501 g/mol. The summed E-state index contributed by atoms with van der Waals surface area (Å²) in [4.78, 5) is 38.9. The van der Waals surface area contributed by atoms with E-state index in [2.05, 4.69) is 10.6 Å². The first-order chi connectivity index (χ1) is 15.7. The lowest BCUT2D eigenvalue weighted by molar-refractivity contribution is -0.120. The third-order valence-electron chi connectivity index (χ3n) is 4.90. The summed E-state index contributed by atoms with van der Waals surface area (Å²) in [5, 5.41) is 5.91. The average Bonchev–Trinajstić information content (AvgIpc) is 2.99. The van der Waals surface area contributed by atoms with Gasteiger partial charge in [-0.2, -0.15) is 0 Å². The van der Waals surface area contributed by atoms with Crippen LogP contribution in [0.25, 0.3) is 0 Å². The number of carbonyl (C=O) groups is 3. The minimum absolute atomic E-state index is 0.0930. The number of imide groups is 1.